The molecule has 0 aromatic heterocycles. The van der Waals surface area contributed by atoms with Gasteiger partial charge in [-0.1, -0.05) is 29.8 Å². The van der Waals surface area contributed by atoms with Gasteiger partial charge in [-0.3, -0.25) is 0 Å². The summed E-state index contributed by atoms with van der Waals surface area (Å²) in [6.45, 7) is 5.19. The lowest BCUT2D eigenvalue weighted by atomic mass is 9.94. The zero-order valence-electron chi connectivity index (χ0n) is 15.3. The fourth-order valence-corrected chi connectivity index (χ4v) is 5.33. The summed E-state index contributed by atoms with van der Waals surface area (Å²) < 4.78 is 33.5. The highest BCUT2D eigenvalue weighted by molar-refractivity contribution is 9.10. The third kappa shape index (κ3) is 4.78. The van der Waals surface area contributed by atoms with Crippen molar-refractivity contribution in [3.63, 3.8) is 0 Å². The topological polar surface area (TPSA) is 63.7 Å². The molecule has 0 spiro atoms. The number of halogens is 1. The lowest BCUT2D eigenvalue weighted by molar-refractivity contribution is 0.0734. The Hall–Kier alpha value is -1.70. The molecule has 1 saturated heterocycles. The van der Waals surface area contributed by atoms with Crippen molar-refractivity contribution in [1.82, 2.24) is 4.31 Å². The van der Waals surface area contributed by atoms with Crippen LogP contribution >= 0.6 is 15.9 Å². The highest BCUT2D eigenvalue weighted by atomic mass is 79.9. The fourth-order valence-electron chi connectivity index (χ4n) is 3.38. The maximum atomic E-state index is 12.9. The minimum Gasteiger partial charge on any atom is -0.423 e. The van der Waals surface area contributed by atoms with Crippen molar-refractivity contribution in [2.24, 2.45) is 11.8 Å². The predicted molar refractivity (Wildman–Crippen MR) is 107 cm³/mol. The van der Waals surface area contributed by atoms with Gasteiger partial charge in [0.25, 0.3) is 0 Å². The Morgan fingerprint density at radius 1 is 1.00 bits per heavy atom. The zero-order valence-corrected chi connectivity index (χ0v) is 17.7. The van der Waals surface area contributed by atoms with Crippen molar-refractivity contribution in [1.29, 1.82) is 0 Å². The number of hydrogen-bond donors (Lipinski definition) is 0. The van der Waals surface area contributed by atoms with Crippen LogP contribution in [0.5, 0.6) is 5.75 Å². The third-order valence-electron chi connectivity index (χ3n) is 4.59. The molecule has 0 bridgehead atoms. The Bertz CT molecular complexity index is 900. The molecule has 1 fully saturated rings. The second-order valence-corrected chi connectivity index (χ2v) is 9.99. The van der Waals surface area contributed by atoms with Crippen molar-refractivity contribution >= 4 is 31.9 Å². The lowest BCUT2D eigenvalue weighted by Crippen LogP contribution is -2.42. The fraction of sp³-hybridized carbons (Fsp3) is 0.350. The molecular weight excluding hydrogens is 430 g/mol. The van der Waals surface area contributed by atoms with Gasteiger partial charge in [-0.15, -0.1) is 0 Å². The largest absolute Gasteiger partial charge is 0.423 e. The maximum absolute atomic E-state index is 12.9. The summed E-state index contributed by atoms with van der Waals surface area (Å²) in [5.41, 5.74) is 0.303. The van der Waals surface area contributed by atoms with E-state index in [4.69, 9.17) is 4.74 Å². The molecule has 1 aliphatic heterocycles. The number of esters is 1. The van der Waals surface area contributed by atoms with Gasteiger partial charge >= 0.3 is 5.97 Å². The van der Waals surface area contributed by atoms with Crippen LogP contribution in [0.25, 0.3) is 0 Å². The monoisotopic (exact) mass is 451 g/mol. The number of piperidine rings is 1. The first kappa shape index (κ1) is 20.0. The van der Waals surface area contributed by atoms with Crippen LogP contribution in [0.4, 0.5) is 0 Å². The van der Waals surface area contributed by atoms with E-state index in [1.54, 1.807) is 28.6 Å². The van der Waals surface area contributed by atoms with E-state index in [0.717, 1.165) is 10.9 Å². The second kappa shape index (κ2) is 8.12. The van der Waals surface area contributed by atoms with E-state index in [1.807, 2.05) is 0 Å². The predicted octanol–water partition coefficient (Wildman–Crippen LogP) is 4.33. The Morgan fingerprint density at radius 2 is 1.56 bits per heavy atom. The number of hydrogen-bond acceptors (Lipinski definition) is 4. The first-order valence-corrected chi connectivity index (χ1v) is 11.1. The lowest BCUT2D eigenvalue weighted by Gasteiger charge is -2.34. The summed E-state index contributed by atoms with van der Waals surface area (Å²) in [4.78, 5) is 12.5. The summed E-state index contributed by atoms with van der Waals surface area (Å²) in [5, 5.41) is 0. The Morgan fingerprint density at radius 3 is 2.11 bits per heavy atom. The van der Waals surface area contributed by atoms with Gasteiger partial charge in [-0.2, -0.15) is 4.31 Å². The van der Waals surface area contributed by atoms with Crippen LogP contribution in [-0.2, 0) is 10.0 Å². The minimum atomic E-state index is -3.56. The SMILES string of the molecule is C[C@@H]1C[C@H](C)CN(S(=O)(=O)c2ccc(C(=O)Oc3ccc(Br)cc3)cc2)C1. The summed E-state index contributed by atoms with van der Waals surface area (Å²) in [6, 6.07) is 12.8. The number of carbonyl (C=O) groups is 1. The molecule has 0 saturated carbocycles. The van der Waals surface area contributed by atoms with Gasteiger partial charge in [-0.25, -0.2) is 13.2 Å². The van der Waals surface area contributed by atoms with E-state index in [-0.39, 0.29) is 4.90 Å². The van der Waals surface area contributed by atoms with Crippen molar-refractivity contribution < 1.29 is 17.9 Å². The van der Waals surface area contributed by atoms with Gasteiger partial charge in [0.05, 0.1) is 10.5 Å². The van der Waals surface area contributed by atoms with Gasteiger partial charge in [-0.05, 0) is 66.8 Å². The normalized spacial score (nSPS) is 21.0. The van der Waals surface area contributed by atoms with Gasteiger partial charge in [0.1, 0.15) is 5.75 Å². The maximum Gasteiger partial charge on any atom is 0.343 e. The molecule has 0 amide bonds. The average molecular weight is 452 g/mol. The molecule has 0 radical (unpaired) electrons. The highest BCUT2D eigenvalue weighted by Gasteiger charge is 2.31. The smallest absolute Gasteiger partial charge is 0.343 e. The molecule has 3 rings (SSSR count). The van der Waals surface area contributed by atoms with Gasteiger partial charge < -0.3 is 4.74 Å². The van der Waals surface area contributed by atoms with E-state index in [2.05, 4.69) is 29.8 Å². The van der Waals surface area contributed by atoms with Crippen molar-refractivity contribution in [3.8, 4) is 5.75 Å². The second-order valence-electron chi connectivity index (χ2n) is 7.14. The Labute approximate surface area is 168 Å². The van der Waals surface area contributed by atoms with Crippen LogP contribution < -0.4 is 4.74 Å². The van der Waals surface area contributed by atoms with E-state index in [9.17, 15) is 13.2 Å². The zero-order chi connectivity index (χ0) is 19.6. The molecule has 2 atom stereocenters. The van der Waals surface area contributed by atoms with Crippen molar-refractivity contribution in [3.05, 3.63) is 58.6 Å². The summed E-state index contributed by atoms with van der Waals surface area (Å²) in [7, 11) is -3.56. The minimum absolute atomic E-state index is 0.198. The van der Waals surface area contributed by atoms with Crippen LogP contribution in [0.15, 0.2) is 57.9 Å². The van der Waals surface area contributed by atoms with Crippen molar-refractivity contribution in [2.75, 3.05) is 13.1 Å². The van der Waals surface area contributed by atoms with Crippen LogP contribution in [0.1, 0.15) is 30.6 Å². The van der Waals surface area contributed by atoms with E-state index >= 15 is 0 Å². The molecule has 5 nitrogen and oxygen atoms in total. The van der Waals surface area contributed by atoms with Crippen molar-refractivity contribution in [2.45, 2.75) is 25.2 Å². The molecule has 1 heterocycles. The van der Waals surface area contributed by atoms with Crippen LogP contribution in [-0.4, -0.2) is 31.8 Å². The van der Waals surface area contributed by atoms with Gasteiger partial charge in [0.2, 0.25) is 10.0 Å². The number of benzene rings is 2. The average Bonchev–Trinajstić information content (AvgIpc) is 2.63. The number of nitrogens with zero attached hydrogens (tertiary/aromatic N) is 1. The standard InChI is InChI=1S/C20H22BrNO4S/c1-14-11-15(2)13-22(12-14)27(24,25)19-9-3-16(4-10-19)20(23)26-18-7-5-17(21)6-8-18/h3-10,14-15H,11-13H2,1-2H3/t14-,15+. The summed E-state index contributed by atoms with van der Waals surface area (Å²) in [5.74, 6) is 0.574. The molecule has 0 aliphatic carbocycles. The molecule has 7 heteroatoms. The number of ether oxygens (including phenoxy) is 1. The van der Waals surface area contributed by atoms with E-state index < -0.39 is 16.0 Å². The van der Waals surface area contributed by atoms with Gasteiger partial charge in [0, 0.05) is 17.6 Å². The van der Waals surface area contributed by atoms with Gasteiger partial charge in [0.15, 0.2) is 0 Å². The van der Waals surface area contributed by atoms with E-state index in [0.29, 0.717) is 36.2 Å². The Kier molecular flexibility index (Phi) is 6.03. The summed E-state index contributed by atoms with van der Waals surface area (Å²) >= 11 is 3.32. The molecule has 144 valence electrons. The molecule has 1 aliphatic rings. The van der Waals surface area contributed by atoms with Crippen LogP contribution in [0.2, 0.25) is 0 Å². The molecular formula is C20H22BrNO4S. The number of carbonyl (C=O) groups excluding carboxylic acids is 1. The van der Waals surface area contributed by atoms with E-state index in [1.165, 1.54) is 24.3 Å². The highest BCUT2D eigenvalue weighted by Crippen LogP contribution is 2.27. The number of sulfonamides is 1. The molecule has 0 N–H and O–H groups in total. The first-order valence-electron chi connectivity index (χ1n) is 8.83. The van der Waals surface area contributed by atoms with Crippen LogP contribution in [0.3, 0.4) is 0 Å². The summed E-state index contributed by atoms with van der Waals surface area (Å²) in [6.07, 6.45) is 1.03. The molecule has 2 aromatic rings. The number of rotatable bonds is 4. The molecule has 2 aromatic carbocycles. The Balaban J connectivity index is 1.74. The first-order chi connectivity index (χ1) is 12.8. The molecule has 0 unspecified atom stereocenters. The van der Waals surface area contributed by atoms with Crippen LogP contribution in [0, 0.1) is 11.8 Å². The third-order valence-corrected chi connectivity index (χ3v) is 6.96. The quantitative estimate of drug-likeness (QED) is 0.512. The molecule has 27 heavy (non-hydrogen) atoms.